The van der Waals surface area contributed by atoms with Gasteiger partial charge in [0.05, 0.1) is 6.42 Å². The second-order valence-corrected chi connectivity index (χ2v) is 3.98. The molecule has 2 rings (SSSR count). The Morgan fingerprint density at radius 1 is 1.38 bits per heavy atom. The summed E-state index contributed by atoms with van der Waals surface area (Å²) >= 11 is 0. The van der Waals surface area contributed by atoms with Crippen LogP contribution < -0.4 is 5.32 Å². The van der Waals surface area contributed by atoms with Gasteiger partial charge in [-0.1, -0.05) is 6.07 Å². The summed E-state index contributed by atoms with van der Waals surface area (Å²) in [5.74, 6) is 0.183. The Hall–Kier alpha value is -1.42. The van der Waals surface area contributed by atoms with Gasteiger partial charge in [0.15, 0.2) is 0 Å². The fourth-order valence-electron chi connectivity index (χ4n) is 1.86. The molecule has 1 aliphatic heterocycles. The molecule has 86 valence electrons. The number of carbonyl (C=O) groups is 1. The molecule has 1 saturated heterocycles. The van der Waals surface area contributed by atoms with Crippen LogP contribution in [-0.4, -0.2) is 42.0 Å². The van der Waals surface area contributed by atoms with Crippen molar-refractivity contribution in [3.63, 3.8) is 0 Å². The fraction of sp³-hybridized carbons (Fsp3) is 0.500. The van der Waals surface area contributed by atoms with Gasteiger partial charge >= 0.3 is 0 Å². The molecule has 1 aliphatic rings. The van der Waals surface area contributed by atoms with Gasteiger partial charge in [-0.2, -0.15) is 0 Å². The van der Waals surface area contributed by atoms with E-state index < -0.39 is 0 Å². The highest BCUT2D eigenvalue weighted by Crippen LogP contribution is 2.02. The first-order chi connectivity index (χ1) is 7.86. The number of hydrogen-bond donors (Lipinski definition) is 1. The lowest BCUT2D eigenvalue weighted by atomic mass is 10.2. The molecule has 0 radical (unpaired) electrons. The molecule has 4 nitrogen and oxygen atoms in total. The van der Waals surface area contributed by atoms with E-state index in [0.29, 0.717) is 6.42 Å². The maximum Gasteiger partial charge on any atom is 0.228 e. The third-order valence-electron chi connectivity index (χ3n) is 2.75. The smallest absolute Gasteiger partial charge is 0.228 e. The van der Waals surface area contributed by atoms with Crippen LogP contribution in [0.1, 0.15) is 12.1 Å². The Morgan fingerprint density at radius 3 is 3.12 bits per heavy atom. The molecule has 0 spiro atoms. The van der Waals surface area contributed by atoms with Crippen LogP contribution in [0.4, 0.5) is 0 Å². The summed E-state index contributed by atoms with van der Waals surface area (Å²) in [5, 5.41) is 3.29. The van der Waals surface area contributed by atoms with Gasteiger partial charge in [0, 0.05) is 31.5 Å². The van der Waals surface area contributed by atoms with E-state index in [1.54, 1.807) is 6.20 Å². The third kappa shape index (κ3) is 3.03. The minimum absolute atomic E-state index is 0.183. The Morgan fingerprint density at radius 2 is 2.31 bits per heavy atom. The Bertz CT molecular complexity index is 331. The zero-order valence-corrected chi connectivity index (χ0v) is 9.35. The molecule has 1 fully saturated rings. The zero-order valence-electron chi connectivity index (χ0n) is 9.35. The number of nitrogens with one attached hydrogen (secondary N) is 1. The summed E-state index contributed by atoms with van der Waals surface area (Å²) in [7, 11) is 0. The molecular weight excluding hydrogens is 202 g/mol. The summed E-state index contributed by atoms with van der Waals surface area (Å²) in [4.78, 5) is 18.1. The highest BCUT2D eigenvalue weighted by atomic mass is 16.2. The zero-order chi connectivity index (χ0) is 11.2. The van der Waals surface area contributed by atoms with Crippen molar-refractivity contribution in [3.8, 4) is 0 Å². The highest BCUT2D eigenvalue weighted by molar-refractivity contribution is 5.78. The molecule has 0 aromatic carbocycles. The van der Waals surface area contributed by atoms with Gasteiger partial charge in [-0.15, -0.1) is 0 Å². The molecule has 0 saturated carbocycles. The highest BCUT2D eigenvalue weighted by Gasteiger charge is 2.15. The first kappa shape index (κ1) is 11.1. The summed E-state index contributed by atoms with van der Waals surface area (Å²) < 4.78 is 0. The summed E-state index contributed by atoms with van der Waals surface area (Å²) in [6.45, 7) is 3.58. The largest absolute Gasteiger partial charge is 0.341 e. The minimum Gasteiger partial charge on any atom is -0.341 e. The molecule has 0 aliphatic carbocycles. The molecule has 1 aromatic rings. The number of rotatable bonds is 2. The monoisotopic (exact) mass is 219 g/mol. The van der Waals surface area contributed by atoms with Gasteiger partial charge in [0.2, 0.25) is 5.91 Å². The van der Waals surface area contributed by atoms with Crippen molar-refractivity contribution < 1.29 is 4.79 Å². The second-order valence-electron chi connectivity index (χ2n) is 3.98. The lowest BCUT2D eigenvalue weighted by Crippen LogP contribution is -2.35. The van der Waals surface area contributed by atoms with Gasteiger partial charge in [-0.25, -0.2) is 0 Å². The lowest BCUT2D eigenvalue weighted by Gasteiger charge is -2.19. The number of amides is 1. The van der Waals surface area contributed by atoms with Crippen molar-refractivity contribution in [2.75, 3.05) is 26.2 Å². The quantitative estimate of drug-likeness (QED) is 0.785. The second kappa shape index (κ2) is 5.61. The van der Waals surface area contributed by atoms with Gasteiger partial charge in [0.1, 0.15) is 0 Å². The van der Waals surface area contributed by atoms with Crippen LogP contribution in [0.5, 0.6) is 0 Å². The summed E-state index contributed by atoms with van der Waals surface area (Å²) in [5.41, 5.74) is 0.852. The van der Waals surface area contributed by atoms with Crippen LogP contribution in [0.25, 0.3) is 0 Å². The van der Waals surface area contributed by atoms with E-state index in [9.17, 15) is 4.79 Å². The predicted molar refractivity (Wildman–Crippen MR) is 62.0 cm³/mol. The molecular formula is C12H17N3O. The molecule has 0 atom stereocenters. The standard InChI is InChI=1S/C12H17N3O/c16-12(10-11-4-1-2-6-14-11)15-8-3-5-13-7-9-15/h1-2,4,6,13H,3,5,7-10H2. The van der Waals surface area contributed by atoms with E-state index in [2.05, 4.69) is 10.3 Å². The van der Waals surface area contributed by atoms with Crippen LogP contribution in [0.15, 0.2) is 24.4 Å². The van der Waals surface area contributed by atoms with E-state index >= 15 is 0 Å². The van der Waals surface area contributed by atoms with Crippen molar-refractivity contribution in [2.24, 2.45) is 0 Å². The number of nitrogens with zero attached hydrogens (tertiary/aromatic N) is 2. The molecule has 1 amide bonds. The molecule has 0 unspecified atom stereocenters. The van der Waals surface area contributed by atoms with Crippen LogP contribution >= 0.6 is 0 Å². The normalized spacial score (nSPS) is 16.9. The van der Waals surface area contributed by atoms with E-state index in [1.165, 1.54) is 0 Å². The van der Waals surface area contributed by atoms with Gasteiger partial charge in [0.25, 0.3) is 0 Å². The molecule has 0 bridgehead atoms. The lowest BCUT2D eigenvalue weighted by molar-refractivity contribution is -0.130. The van der Waals surface area contributed by atoms with Crippen LogP contribution in [0, 0.1) is 0 Å². The average Bonchev–Trinajstić information content (AvgIpc) is 2.59. The van der Waals surface area contributed by atoms with Gasteiger partial charge < -0.3 is 10.2 Å². The number of aromatic nitrogens is 1. The number of hydrogen-bond acceptors (Lipinski definition) is 3. The fourth-order valence-corrected chi connectivity index (χ4v) is 1.86. The summed E-state index contributed by atoms with van der Waals surface area (Å²) in [6, 6.07) is 5.68. The van der Waals surface area contributed by atoms with Crippen LogP contribution in [-0.2, 0) is 11.2 Å². The SMILES string of the molecule is O=C(Cc1ccccn1)N1CCCNCC1. The van der Waals surface area contributed by atoms with Crippen molar-refractivity contribution in [1.82, 2.24) is 15.2 Å². The molecule has 1 N–H and O–H groups in total. The van der Waals surface area contributed by atoms with E-state index in [-0.39, 0.29) is 5.91 Å². The third-order valence-corrected chi connectivity index (χ3v) is 2.75. The average molecular weight is 219 g/mol. The minimum atomic E-state index is 0.183. The summed E-state index contributed by atoms with van der Waals surface area (Å²) in [6.07, 6.45) is 3.18. The predicted octanol–water partition coefficient (Wildman–Crippen LogP) is 0.446. The first-order valence-corrected chi connectivity index (χ1v) is 5.74. The van der Waals surface area contributed by atoms with E-state index in [1.807, 2.05) is 23.1 Å². The molecule has 4 heteroatoms. The topological polar surface area (TPSA) is 45.2 Å². The van der Waals surface area contributed by atoms with Gasteiger partial charge in [-0.05, 0) is 25.1 Å². The van der Waals surface area contributed by atoms with Crippen molar-refractivity contribution >= 4 is 5.91 Å². The number of carbonyl (C=O) groups excluding carboxylic acids is 1. The van der Waals surface area contributed by atoms with E-state index in [0.717, 1.165) is 38.3 Å². The maximum absolute atomic E-state index is 12.0. The van der Waals surface area contributed by atoms with Gasteiger partial charge in [-0.3, -0.25) is 9.78 Å². The Balaban J connectivity index is 1.92. The van der Waals surface area contributed by atoms with Crippen molar-refractivity contribution in [1.29, 1.82) is 0 Å². The molecule has 16 heavy (non-hydrogen) atoms. The Kier molecular flexibility index (Phi) is 3.88. The number of pyridine rings is 1. The first-order valence-electron chi connectivity index (χ1n) is 5.74. The van der Waals surface area contributed by atoms with Crippen molar-refractivity contribution in [3.05, 3.63) is 30.1 Å². The molecule has 2 heterocycles. The Labute approximate surface area is 95.7 Å². The molecule has 1 aromatic heterocycles. The van der Waals surface area contributed by atoms with Crippen molar-refractivity contribution in [2.45, 2.75) is 12.8 Å². The van der Waals surface area contributed by atoms with E-state index in [4.69, 9.17) is 0 Å². The maximum atomic E-state index is 12.0. The van der Waals surface area contributed by atoms with Crippen LogP contribution in [0.2, 0.25) is 0 Å². The van der Waals surface area contributed by atoms with Crippen LogP contribution in [0.3, 0.4) is 0 Å².